The van der Waals surface area contributed by atoms with Gasteiger partial charge in [-0.2, -0.15) is 0 Å². The topological polar surface area (TPSA) is 59.8 Å². The number of nitrogens with zero attached hydrogens (tertiary/aromatic N) is 3. The molecule has 140 valence electrons. The lowest BCUT2D eigenvalue weighted by molar-refractivity contribution is -0.113. The Morgan fingerprint density at radius 3 is 2.59 bits per heavy atom. The van der Waals surface area contributed by atoms with Gasteiger partial charge in [-0.05, 0) is 49.4 Å². The number of benzene rings is 2. The monoisotopic (exact) mass is 424 g/mol. The van der Waals surface area contributed by atoms with Gasteiger partial charge in [0.1, 0.15) is 5.82 Å². The molecule has 5 nitrogen and oxygen atoms in total. The van der Waals surface area contributed by atoms with Crippen LogP contribution >= 0.6 is 35.0 Å². The van der Waals surface area contributed by atoms with Gasteiger partial charge in [0.2, 0.25) is 5.91 Å². The van der Waals surface area contributed by atoms with E-state index in [9.17, 15) is 9.18 Å². The smallest absolute Gasteiger partial charge is 0.234 e. The predicted molar refractivity (Wildman–Crippen MR) is 107 cm³/mol. The Morgan fingerprint density at radius 2 is 1.93 bits per heavy atom. The minimum atomic E-state index is -0.533. The van der Waals surface area contributed by atoms with Crippen molar-refractivity contribution in [3.8, 4) is 11.4 Å². The van der Waals surface area contributed by atoms with Gasteiger partial charge in [0, 0.05) is 22.8 Å². The average Bonchev–Trinajstić information content (AvgIpc) is 3.06. The van der Waals surface area contributed by atoms with Crippen molar-refractivity contribution in [2.24, 2.45) is 0 Å². The molecule has 27 heavy (non-hydrogen) atoms. The van der Waals surface area contributed by atoms with Gasteiger partial charge in [0.15, 0.2) is 11.0 Å². The molecule has 0 spiro atoms. The highest BCUT2D eigenvalue weighted by atomic mass is 35.5. The van der Waals surface area contributed by atoms with Crippen molar-refractivity contribution in [3.63, 3.8) is 0 Å². The highest BCUT2D eigenvalue weighted by Gasteiger charge is 2.15. The summed E-state index contributed by atoms with van der Waals surface area (Å²) in [5.74, 6) is 0.0619. The third-order valence-corrected chi connectivity index (χ3v) is 5.18. The van der Waals surface area contributed by atoms with Crippen molar-refractivity contribution >= 4 is 46.6 Å². The Morgan fingerprint density at radius 1 is 1.19 bits per heavy atom. The quantitative estimate of drug-likeness (QED) is 0.556. The van der Waals surface area contributed by atoms with Crippen LogP contribution in [0.4, 0.5) is 10.1 Å². The summed E-state index contributed by atoms with van der Waals surface area (Å²) in [6.45, 7) is 2.63. The highest BCUT2D eigenvalue weighted by Crippen LogP contribution is 2.25. The number of thioether (sulfide) groups is 1. The second kappa shape index (κ2) is 8.73. The van der Waals surface area contributed by atoms with Crippen LogP contribution in [-0.4, -0.2) is 26.4 Å². The Kier molecular flexibility index (Phi) is 6.36. The van der Waals surface area contributed by atoms with E-state index in [4.69, 9.17) is 23.2 Å². The summed E-state index contributed by atoms with van der Waals surface area (Å²) >= 11 is 12.9. The normalized spacial score (nSPS) is 10.8. The molecule has 0 radical (unpaired) electrons. The average molecular weight is 425 g/mol. The lowest BCUT2D eigenvalue weighted by atomic mass is 10.2. The van der Waals surface area contributed by atoms with E-state index in [0.29, 0.717) is 28.2 Å². The van der Waals surface area contributed by atoms with Crippen molar-refractivity contribution in [2.45, 2.75) is 18.6 Å². The third-order valence-electron chi connectivity index (χ3n) is 3.67. The van der Waals surface area contributed by atoms with Crippen LogP contribution in [0.2, 0.25) is 10.0 Å². The fourth-order valence-electron chi connectivity index (χ4n) is 2.39. The lowest BCUT2D eigenvalue weighted by Crippen LogP contribution is -2.14. The molecule has 1 amide bonds. The van der Waals surface area contributed by atoms with Gasteiger partial charge < -0.3 is 9.88 Å². The van der Waals surface area contributed by atoms with Crippen molar-refractivity contribution in [1.82, 2.24) is 14.8 Å². The molecular formula is C18H15Cl2FN4OS. The summed E-state index contributed by atoms with van der Waals surface area (Å²) in [5, 5.41) is 12.3. The van der Waals surface area contributed by atoms with Crippen molar-refractivity contribution in [2.75, 3.05) is 11.1 Å². The SMILES string of the molecule is CCn1c(SCC(=O)Nc2ccc(F)c(Cl)c2)nnc1-c1ccc(Cl)cc1. The van der Waals surface area contributed by atoms with E-state index in [2.05, 4.69) is 15.5 Å². The Bertz CT molecular complexity index is 962. The molecule has 0 aliphatic rings. The van der Waals surface area contributed by atoms with E-state index in [-0.39, 0.29) is 16.7 Å². The summed E-state index contributed by atoms with van der Waals surface area (Å²) in [6.07, 6.45) is 0. The molecule has 0 fully saturated rings. The molecule has 9 heteroatoms. The number of anilines is 1. The Balaban J connectivity index is 1.68. The molecule has 1 aromatic heterocycles. The maximum absolute atomic E-state index is 13.2. The van der Waals surface area contributed by atoms with Crippen LogP contribution in [0.1, 0.15) is 6.92 Å². The number of halogens is 3. The van der Waals surface area contributed by atoms with E-state index < -0.39 is 5.82 Å². The van der Waals surface area contributed by atoms with E-state index in [1.807, 2.05) is 23.6 Å². The maximum atomic E-state index is 13.2. The zero-order chi connectivity index (χ0) is 19.4. The van der Waals surface area contributed by atoms with Gasteiger partial charge in [0.25, 0.3) is 0 Å². The molecule has 1 heterocycles. The van der Waals surface area contributed by atoms with E-state index in [1.165, 1.54) is 30.0 Å². The van der Waals surface area contributed by atoms with Gasteiger partial charge in [-0.15, -0.1) is 10.2 Å². The van der Waals surface area contributed by atoms with Crippen LogP contribution in [0.3, 0.4) is 0 Å². The molecule has 1 N–H and O–H groups in total. The van der Waals surface area contributed by atoms with Crippen LogP contribution in [0.5, 0.6) is 0 Å². The first kappa shape index (κ1) is 19.7. The molecule has 2 aromatic carbocycles. The number of hydrogen-bond donors (Lipinski definition) is 1. The maximum Gasteiger partial charge on any atom is 0.234 e. The summed E-state index contributed by atoms with van der Waals surface area (Å²) in [5.41, 5.74) is 1.33. The first-order valence-electron chi connectivity index (χ1n) is 8.04. The minimum absolute atomic E-state index is 0.0428. The predicted octanol–water partition coefficient (Wildman–Crippen LogP) is 5.14. The Hall–Kier alpha value is -2.09. The third kappa shape index (κ3) is 4.80. The number of carbonyl (C=O) groups excluding carboxylic acids is 1. The summed E-state index contributed by atoms with van der Waals surface area (Å²) < 4.78 is 15.1. The first-order chi connectivity index (χ1) is 13.0. The van der Waals surface area contributed by atoms with Crippen LogP contribution < -0.4 is 5.32 Å². The largest absolute Gasteiger partial charge is 0.325 e. The molecule has 0 saturated heterocycles. The fourth-order valence-corrected chi connectivity index (χ4v) is 3.50. The highest BCUT2D eigenvalue weighted by molar-refractivity contribution is 7.99. The molecule has 0 aliphatic heterocycles. The minimum Gasteiger partial charge on any atom is -0.325 e. The van der Waals surface area contributed by atoms with Gasteiger partial charge in [-0.25, -0.2) is 4.39 Å². The fraction of sp³-hybridized carbons (Fsp3) is 0.167. The lowest BCUT2D eigenvalue weighted by Gasteiger charge is -2.08. The molecule has 3 aromatic rings. The van der Waals surface area contributed by atoms with Gasteiger partial charge in [0.05, 0.1) is 10.8 Å². The summed E-state index contributed by atoms with van der Waals surface area (Å²) in [7, 11) is 0. The molecule has 0 aliphatic carbocycles. The zero-order valence-electron chi connectivity index (χ0n) is 14.2. The van der Waals surface area contributed by atoms with Crippen molar-refractivity contribution in [1.29, 1.82) is 0 Å². The number of aromatic nitrogens is 3. The molecule has 0 saturated carbocycles. The first-order valence-corrected chi connectivity index (χ1v) is 9.79. The van der Waals surface area contributed by atoms with Gasteiger partial charge >= 0.3 is 0 Å². The van der Waals surface area contributed by atoms with Crippen LogP contribution in [-0.2, 0) is 11.3 Å². The molecular weight excluding hydrogens is 410 g/mol. The molecule has 0 atom stereocenters. The zero-order valence-corrected chi connectivity index (χ0v) is 16.6. The van der Waals surface area contributed by atoms with Crippen LogP contribution in [0.15, 0.2) is 47.6 Å². The number of hydrogen-bond acceptors (Lipinski definition) is 4. The van der Waals surface area contributed by atoms with Gasteiger partial charge in [-0.1, -0.05) is 35.0 Å². The number of amides is 1. The number of carbonyl (C=O) groups is 1. The number of nitrogens with one attached hydrogen (secondary N) is 1. The van der Waals surface area contributed by atoms with E-state index in [0.717, 1.165) is 5.56 Å². The standard InChI is InChI=1S/C18H15Cl2FN4OS/c1-2-25-17(11-3-5-12(19)6-4-11)23-24-18(25)27-10-16(26)22-13-7-8-15(21)14(20)9-13/h3-9H,2,10H2,1H3,(H,22,26). The Labute approximate surface area is 169 Å². The second-order valence-corrected chi connectivity index (χ2v) is 7.31. The number of rotatable bonds is 6. The van der Waals surface area contributed by atoms with Crippen LogP contribution in [0, 0.1) is 5.82 Å². The van der Waals surface area contributed by atoms with Gasteiger partial charge in [-0.3, -0.25) is 4.79 Å². The second-order valence-electron chi connectivity index (χ2n) is 5.52. The van der Waals surface area contributed by atoms with Crippen molar-refractivity contribution < 1.29 is 9.18 Å². The van der Waals surface area contributed by atoms with Crippen LogP contribution in [0.25, 0.3) is 11.4 Å². The van der Waals surface area contributed by atoms with E-state index in [1.54, 1.807) is 12.1 Å². The summed E-state index contributed by atoms with van der Waals surface area (Å²) in [4.78, 5) is 12.2. The summed E-state index contributed by atoms with van der Waals surface area (Å²) in [6, 6.07) is 11.4. The molecule has 0 unspecified atom stereocenters. The molecule has 3 rings (SSSR count). The van der Waals surface area contributed by atoms with Crippen molar-refractivity contribution in [3.05, 3.63) is 58.3 Å². The van der Waals surface area contributed by atoms with E-state index >= 15 is 0 Å². The molecule has 0 bridgehead atoms.